The van der Waals surface area contributed by atoms with E-state index in [9.17, 15) is 19.2 Å². The molecular formula is C68H130N2O11. The molecular weight excluding hydrogens is 1020 g/mol. The van der Waals surface area contributed by atoms with Gasteiger partial charge in [-0.2, -0.15) is 0 Å². The van der Waals surface area contributed by atoms with Gasteiger partial charge in [0.05, 0.1) is 12.5 Å². The van der Waals surface area contributed by atoms with Crippen LogP contribution in [0.2, 0.25) is 0 Å². The van der Waals surface area contributed by atoms with Crippen LogP contribution in [0.4, 0.5) is 0 Å². The Kier molecular flexibility index (Phi) is 55.0. The van der Waals surface area contributed by atoms with E-state index in [1.165, 1.54) is 103 Å². The predicted octanol–water partition coefficient (Wildman–Crippen LogP) is 17.5. The molecule has 1 aliphatic rings. The van der Waals surface area contributed by atoms with Crippen molar-refractivity contribution in [1.29, 1.82) is 0 Å². The van der Waals surface area contributed by atoms with Crippen molar-refractivity contribution in [2.75, 3.05) is 65.8 Å². The van der Waals surface area contributed by atoms with E-state index in [-0.39, 0.29) is 81.4 Å². The van der Waals surface area contributed by atoms with E-state index in [1.807, 2.05) is 0 Å². The molecule has 0 N–H and O–H groups in total. The molecule has 0 aliphatic carbocycles. The second-order valence-corrected chi connectivity index (χ2v) is 23.7. The lowest BCUT2D eigenvalue weighted by molar-refractivity contribution is -0.156. The van der Waals surface area contributed by atoms with Gasteiger partial charge in [-0.05, 0) is 122 Å². The Morgan fingerprint density at radius 1 is 0.383 bits per heavy atom. The van der Waals surface area contributed by atoms with Crippen LogP contribution in [0.15, 0.2) is 0 Å². The number of esters is 3. The first-order valence-electron chi connectivity index (χ1n) is 34.7. The highest BCUT2D eigenvalue weighted by Crippen LogP contribution is 2.19. The molecule has 0 bridgehead atoms. The molecule has 1 fully saturated rings. The van der Waals surface area contributed by atoms with Gasteiger partial charge in [-0.3, -0.25) is 19.2 Å². The van der Waals surface area contributed by atoms with Gasteiger partial charge in [-0.1, -0.05) is 196 Å². The zero-order chi connectivity index (χ0) is 58.9. The van der Waals surface area contributed by atoms with Gasteiger partial charge in [-0.25, -0.2) is 0 Å². The molecule has 13 heteroatoms. The summed E-state index contributed by atoms with van der Waals surface area (Å²) in [6.07, 6.45) is 42.5. The summed E-state index contributed by atoms with van der Waals surface area (Å²) in [6.45, 7) is 19.0. The smallest absolute Gasteiger partial charge is 0.306 e. The summed E-state index contributed by atoms with van der Waals surface area (Å²) in [5.74, 6) is -1.31. The third-order valence-electron chi connectivity index (χ3n) is 15.9. The summed E-state index contributed by atoms with van der Waals surface area (Å²) in [7, 11) is 0. The maximum absolute atomic E-state index is 14.4. The molecule has 0 radical (unpaired) electrons. The van der Waals surface area contributed by atoms with E-state index >= 15 is 0 Å². The molecule has 81 heavy (non-hydrogen) atoms. The number of unbranched alkanes of at least 4 members (excludes halogenated alkanes) is 25. The first kappa shape index (κ1) is 76.7. The number of hydrogen-bond donors (Lipinski definition) is 0. The molecule has 0 aromatic carbocycles. The lowest BCUT2D eigenvalue weighted by atomic mass is 10.1. The minimum Gasteiger partial charge on any atom is -0.463 e. The Morgan fingerprint density at radius 2 is 0.765 bits per heavy atom. The SMILES string of the molecule is CCCCCCCCOC(CCCCC(=O)OCC(COC(=O)CCCCC(OCCCCCCCC)OCCCCCCCC)N(CCCN1CCCC1)C(=O)CCC(=O)OC(CCC)CCCCCC)OCCCCCCCC. The average molecular weight is 1150 g/mol. The molecule has 1 unspecified atom stereocenters. The zero-order valence-corrected chi connectivity index (χ0v) is 53.9. The third-order valence-corrected chi connectivity index (χ3v) is 15.9. The van der Waals surface area contributed by atoms with Crippen molar-refractivity contribution in [2.24, 2.45) is 0 Å². The van der Waals surface area contributed by atoms with E-state index < -0.39 is 6.04 Å². The summed E-state index contributed by atoms with van der Waals surface area (Å²) < 4.78 is 43.0. The molecule has 1 aliphatic heterocycles. The summed E-state index contributed by atoms with van der Waals surface area (Å²) in [5.41, 5.74) is 0. The van der Waals surface area contributed by atoms with Crippen LogP contribution in [0, 0.1) is 0 Å². The maximum atomic E-state index is 14.4. The molecule has 1 atom stereocenters. The second kappa shape index (κ2) is 58.1. The van der Waals surface area contributed by atoms with E-state index in [0.29, 0.717) is 65.1 Å². The summed E-state index contributed by atoms with van der Waals surface area (Å²) in [6, 6.07) is -0.711. The summed E-state index contributed by atoms with van der Waals surface area (Å²) in [5, 5.41) is 0. The fourth-order valence-electron chi connectivity index (χ4n) is 10.7. The minimum absolute atomic E-state index is 0.0400. The molecule has 1 saturated heterocycles. The van der Waals surface area contributed by atoms with Crippen LogP contribution in [0.25, 0.3) is 0 Å². The molecule has 0 spiro atoms. The number of amides is 1. The van der Waals surface area contributed by atoms with E-state index in [1.54, 1.807) is 4.90 Å². The Bertz CT molecular complexity index is 1310. The number of carbonyl (C=O) groups excluding carboxylic acids is 4. The van der Waals surface area contributed by atoms with Gasteiger partial charge in [0, 0.05) is 52.2 Å². The zero-order valence-electron chi connectivity index (χ0n) is 53.9. The standard InChI is InChI=1S/C68H130N2O11/c1-7-13-18-23-27-38-55-75-67(76-56-39-28-24-19-14-8-2)47-34-32-45-64(72)79-59-61(60-80-65(73)46-33-35-48-68(77-57-40-29-25-20-15-9-3)78-58-41-30-26-21-16-10-4)70(54-42-53-69-51-36-37-52-69)63(71)49-50-66(74)81-62(43-12-6)44-31-22-17-11-5/h61-62,67-68H,7-60H2,1-6H3. The summed E-state index contributed by atoms with van der Waals surface area (Å²) >= 11 is 0. The molecule has 13 nitrogen and oxygen atoms in total. The lowest BCUT2D eigenvalue weighted by Gasteiger charge is -2.32. The average Bonchev–Trinajstić information content (AvgIpc) is 4.00. The maximum Gasteiger partial charge on any atom is 0.306 e. The van der Waals surface area contributed by atoms with Gasteiger partial charge in [0.25, 0.3) is 0 Å². The van der Waals surface area contributed by atoms with Crippen LogP contribution in [-0.4, -0.2) is 124 Å². The van der Waals surface area contributed by atoms with Gasteiger partial charge < -0.3 is 43.0 Å². The molecule has 1 rings (SSSR count). The van der Waals surface area contributed by atoms with Gasteiger partial charge in [-0.15, -0.1) is 0 Å². The monoisotopic (exact) mass is 1150 g/mol. The van der Waals surface area contributed by atoms with Crippen LogP contribution in [0.5, 0.6) is 0 Å². The number of likely N-dealkylation sites (tertiary alicyclic amines) is 1. The molecule has 1 amide bonds. The van der Waals surface area contributed by atoms with Crippen molar-refractivity contribution in [3.63, 3.8) is 0 Å². The van der Waals surface area contributed by atoms with Crippen molar-refractivity contribution in [3.05, 3.63) is 0 Å². The molecule has 0 aromatic rings. The molecule has 0 aromatic heterocycles. The van der Waals surface area contributed by atoms with Gasteiger partial charge in [0.2, 0.25) is 5.91 Å². The van der Waals surface area contributed by atoms with Crippen LogP contribution in [-0.2, 0) is 52.3 Å². The van der Waals surface area contributed by atoms with Crippen LogP contribution >= 0.6 is 0 Å². The minimum atomic E-state index is -0.711. The highest BCUT2D eigenvalue weighted by Gasteiger charge is 2.28. The predicted molar refractivity (Wildman–Crippen MR) is 332 cm³/mol. The number of ether oxygens (including phenoxy) is 7. The van der Waals surface area contributed by atoms with Gasteiger partial charge >= 0.3 is 17.9 Å². The highest BCUT2D eigenvalue weighted by atomic mass is 16.7. The number of nitrogens with zero attached hydrogens (tertiary/aromatic N) is 2. The Balaban J connectivity index is 3.11. The Morgan fingerprint density at radius 3 is 1.17 bits per heavy atom. The Labute approximate surface area is 498 Å². The fourth-order valence-corrected chi connectivity index (χ4v) is 10.7. The number of hydrogen-bond acceptors (Lipinski definition) is 12. The number of rotatable bonds is 62. The van der Waals surface area contributed by atoms with Gasteiger partial charge in [0.15, 0.2) is 12.6 Å². The van der Waals surface area contributed by atoms with Crippen LogP contribution < -0.4 is 0 Å². The quantitative estimate of drug-likeness (QED) is 0.0248. The first-order valence-corrected chi connectivity index (χ1v) is 34.7. The third kappa shape index (κ3) is 47.6. The van der Waals surface area contributed by atoms with Crippen molar-refractivity contribution in [2.45, 2.75) is 349 Å². The first-order chi connectivity index (χ1) is 39.7. The van der Waals surface area contributed by atoms with Gasteiger partial charge in [0.1, 0.15) is 19.3 Å². The van der Waals surface area contributed by atoms with Crippen molar-refractivity contribution in [1.82, 2.24) is 9.80 Å². The lowest BCUT2D eigenvalue weighted by Crippen LogP contribution is -2.47. The fraction of sp³-hybridized carbons (Fsp3) is 0.941. The normalized spacial score (nSPS) is 13.2. The molecule has 1 heterocycles. The second-order valence-electron chi connectivity index (χ2n) is 23.7. The topological polar surface area (TPSA) is 139 Å². The van der Waals surface area contributed by atoms with Crippen molar-refractivity contribution < 1.29 is 52.3 Å². The summed E-state index contributed by atoms with van der Waals surface area (Å²) in [4.78, 5) is 59.0. The van der Waals surface area contributed by atoms with E-state index in [4.69, 9.17) is 33.2 Å². The van der Waals surface area contributed by atoms with E-state index in [2.05, 4.69) is 46.4 Å². The Hall–Kier alpha value is -2.32. The van der Waals surface area contributed by atoms with Crippen molar-refractivity contribution >= 4 is 23.8 Å². The highest BCUT2D eigenvalue weighted by molar-refractivity contribution is 5.82. The van der Waals surface area contributed by atoms with Crippen LogP contribution in [0.3, 0.4) is 0 Å². The molecule has 478 valence electrons. The molecule has 0 saturated carbocycles. The number of carbonyl (C=O) groups is 4. The van der Waals surface area contributed by atoms with Crippen molar-refractivity contribution in [3.8, 4) is 0 Å². The van der Waals surface area contributed by atoms with E-state index in [0.717, 1.165) is 142 Å². The van der Waals surface area contributed by atoms with Crippen LogP contribution in [0.1, 0.15) is 324 Å². The largest absolute Gasteiger partial charge is 0.463 e.